The molecule has 130 valence electrons. The molecule has 0 aliphatic carbocycles. The minimum Gasteiger partial charge on any atom is -0.403 e. The molecule has 0 unspecified atom stereocenters. The molecule has 2 heterocycles. The summed E-state index contributed by atoms with van der Waals surface area (Å²) in [5, 5.41) is 3.23. The highest BCUT2D eigenvalue weighted by Crippen LogP contribution is 2.18. The van der Waals surface area contributed by atoms with E-state index in [4.69, 9.17) is 5.73 Å². The second-order valence-corrected chi connectivity index (χ2v) is 5.96. The molecule has 0 bridgehead atoms. The standard InChI is InChI=1S/C21H21N5/c1-15-6-7-16(2)17(11-15)8-9-19-14-24-21-20(5-4-10-26(19)21)25-18(12-22)13-23-3/h4-7,10-14,25H,22H2,1-3H3. The number of fused-ring (bicyclic) bond motifs is 1. The third kappa shape index (κ3) is 3.60. The minimum atomic E-state index is 0.701. The molecule has 0 spiro atoms. The van der Waals surface area contributed by atoms with Crippen molar-refractivity contribution in [2.45, 2.75) is 13.8 Å². The van der Waals surface area contributed by atoms with Gasteiger partial charge in [0.05, 0.1) is 17.6 Å². The number of benzene rings is 1. The number of aryl methyl sites for hydroxylation is 2. The van der Waals surface area contributed by atoms with Crippen molar-refractivity contribution < 1.29 is 0 Å². The molecule has 3 aromatic rings. The number of anilines is 1. The van der Waals surface area contributed by atoms with Crippen molar-refractivity contribution in [2.24, 2.45) is 10.7 Å². The highest BCUT2D eigenvalue weighted by atomic mass is 15.0. The van der Waals surface area contributed by atoms with E-state index in [1.165, 1.54) is 11.8 Å². The van der Waals surface area contributed by atoms with Crippen molar-refractivity contribution in [3.8, 4) is 11.8 Å². The Morgan fingerprint density at radius 1 is 1.27 bits per heavy atom. The summed E-state index contributed by atoms with van der Waals surface area (Å²) in [6, 6.07) is 10.2. The second-order valence-electron chi connectivity index (χ2n) is 5.96. The van der Waals surface area contributed by atoms with Crippen LogP contribution in [-0.4, -0.2) is 22.6 Å². The van der Waals surface area contributed by atoms with Crippen LogP contribution >= 0.6 is 0 Å². The molecule has 5 nitrogen and oxygen atoms in total. The van der Waals surface area contributed by atoms with Gasteiger partial charge < -0.3 is 11.1 Å². The SMILES string of the molecule is CN=CC(=CN)Nc1cccn2c(C#Cc3cc(C)ccc3C)cnc12. The number of allylic oxidation sites excluding steroid dienone is 1. The monoisotopic (exact) mass is 343 g/mol. The van der Waals surface area contributed by atoms with Gasteiger partial charge >= 0.3 is 0 Å². The van der Waals surface area contributed by atoms with Crippen LogP contribution in [0.5, 0.6) is 0 Å². The number of nitrogens with zero attached hydrogens (tertiary/aromatic N) is 3. The summed E-state index contributed by atoms with van der Waals surface area (Å²) in [5.74, 6) is 6.48. The number of aromatic nitrogens is 2. The fourth-order valence-corrected chi connectivity index (χ4v) is 2.61. The van der Waals surface area contributed by atoms with Crippen LogP contribution in [0.2, 0.25) is 0 Å². The maximum atomic E-state index is 5.63. The summed E-state index contributed by atoms with van der Waals surface area (Å²) in [7, 11) is 1.70. The number of nitrogens with two attached hydrogens (primary N) is 1. The Balaban J connectivity index is 1.99. The Bertz CT molecular complexity index is 1060. The first-order valence-electron chi connectivity index (χ1n) is 8.29. The van der Waals surface area contributed by atoms with Crippen molar-refractivity contribution in [1.29, 1.82) is 0 Å². The van der Waals surface area contributed by atoms with Gasteiger partial charge in [0.2, 0.25) is 0 Å². The van der Waals surface area contributed by atoms with Crippen LogP contribution in [0.3, 0.4) is 0 Å². The summed E-state index contributed by atoms with van der Waals surface area (Å²) in [6.45, 7) is 4.13. The molecular formula is C21H21N5. The lowest BCUT2D eigenvalue weighted by Crippen LogP contribution is -2.05. The van der Waals surface area contributed by atoms with Gasteiger partial charge in [-0.3, -0.25) is 9.39 Å². The summed E-state index contributed by atoms with van der Waals surface area (Å²) < 4.78 is 1.96. The number of hydrogen-bond acceptors (Lipinski definition) is 4. The summed E-state index contributed by atoms with van der Waals surface area (Å²) in [5.41, 5.74) is 12.2. The highest BCUT2D eigenvalue weighted by molar-refractivity contribution is 5.85. The zero-order valence-electron chi connectivity index (χ0n) is 15.1. The molecule has 0 fully saturated rings. The van der Waals surface area contributed by atoms with Crippen molar-refractivity contribution in [3.05, 3.63) is 77.0 Å². The van der Waals surface area contributed by atoms with Crippen LogP contribution in [0.25, 0.3) is 5.65 Å². The molecule has 2 aromatic heterocycles. The van der Waals surface area contributed by atoms with Gasteiger partial charge in [-0.05, 0) is 49.1 Å². The van der Waals surface area contributed by atoms with E-state index in [2.05, 4.69) is 59.2 Å². The Morgan fingerprint density at radius 2 is 2.12 bits per heavy atom. The van der Waals surface area contributed by atoms with Crippen molar-refractivity contribution in [3.63, 3.8) is 0 Å². The third-order valence-corrected chi connectivity index (χ3v) is 3.98. The van der Waals surface area contributed by atoms with Gasteiger partial charge in [0.25, 0.3) is 0 Å². The average molecular weight is 343 g/mol. The van der Waals surface area contributed by atoms with Gasteiger partial charge in [0.15, 0.2) is 5.65 Å². The molecule has 0 saturated heterocycles. The first kappa shape index (κ1) is 17.3. The number of aliphatic imine (C=N–C) groups is 1. The summed E-state index contributed by atoms with van der Waals surface area (Å²) >= 11 is 0. The minimum absolute atomic E-state index is 0.701. The predicted octanol–water partition coefficient (Wildman–Crippen LogP) is 3.26. The Morgan fingerprint density at radius 3 is 2.88 bits per heavy atom. The Kier molecular flexibility index (Phi) is 5.04. The summed E-state index contributed by atoms with van der Waals surface area (Å²) in [6.07, 6.45) is 6.85. The van der Waals surface area contributed by atoms with E-state index in [1.54, 1.807) is 19.5 Å². The van der Waals surface area contributed by atoms with Gasteiger partial charge in [0, 0.05) is 31.2 Å². The smallest absolute Gasteiger partial charge is 0.161 e. The van der Waals surface area contributed by atoms with E-state index in [1.807, 2.05) is 22.7 Å². The van der Waals surface area contributed by atoms with Crippen LogP contribution in [-0.2, 0) is 0 Å². The number of hydrogen-bond donors (Lipinski definition) is 2. The average Bonchev–Trinajstić information content (AvgIpc) is 3.06. The molecule has 26 heavy (non-hydrogen) atoms. The van der Waals surface area contributed by atoms with Gasteiger partial charge in [-0.25, -0.2) is 4.98 Å². The van der Waals surface area contributed by atoms with Crippen LogP contribution in [0.15, 0.2) is 59.6 Å². The fourth-order valence-electron chi connectivity index (χ4n) is 2.61. The van der Waals surface area contributed by atoms with Gasteiger partial charge in [-0.15, -0.1) is 0 Å². The molecule has 0 atom stereocenters. The quantitative estimate of drug-likeness (QED) is 0.566. The molecule has 0 radical (unpaired) electrons. The number of pyridine rings is 1. The normalized spacial score (nSPS) is 11.6. The van der Waals surface area contributed by atoms with Gasteiger partial charge in [-0.2, -0.15) is 0 Å². The largest absolute Gasteiger partial charge is 0.403 e. The maximum absolute atomic E-state index is 5.63. The molecule has 1 aromatic carbocycles. The number of rotatable bonds is 3. The first-order chi connectivity index (χ1) is 12.6. The predicted molar refractivity (Wildman–Crippen MR) is 107 cm³/mol. The second kappa shape index (κ2) is 7.58. The van der Waals surface area contributed by atoms with E-state index in [0.29, 0.717) is 5.70 Å². The zero-order valence-corrected chi connectivity index (χ0v) is 15.1. The highest BCUT2D eigenvalue weighted by Gasteiger charge is 2.07. The van der Waals surface area contributed by atoms with E-state index in [0.717, 1.165) is 28.2 Å². The van der Waals surface area contributed by atoms with Crippen molar-refractivity contribution in [1.82, 2.24) is 9.38 Å². The van der Waals surface area contributed by atoms with E-state index < -0.39 is 0 Å². The third-order valence-electron chi connectivity index (χ3n) is 3.98. The topological polar surface area (TPSA) is 67.7 Å². The molecule has 0 aliphatic heterocycles. The molecule has 0 saturated carbocycles. The van der Waals surface area contributed by atoms with Crippen LogP contribution in [0.1, 0.15) is 22.4 Å². The van der Waals surface area contributed by atoms with E-state index in [-0.39, 0.29) is 0 Å². The van der Waals surface area contributed by atoms with Crippen LogP contribution in [0.4, 0.5) is 5.69 Å². The molecule has 5 heteroatoms. The molecular weight excluding hydrogens is 322 g/mol. The van der Waals surface area contributed by atoms with E-state index in [9.17, 15) is 0 Å². The van der Waals surface area contributed by atoms with Crippen LogP contribution < -0.4 is 11.1 Å². The maximum Gasteiger partial charge on any atom is 0.161 e. The summed E-state index contributed by atoms with van der Waals surface area (Å²) in [4.78, 5) is 8.49. The van der Waals surface area contributed by atoms with Crippen molar-refractivity contribution in [2.75, 3.05) is 12.4 Å². The lowest BCUT2D eigenvalue weighted by Gasteiger charge is -2.07. The molecule has 0 amide bonds. The lowest BCUT2D eigenvalue weighted by atomic mass is 10.1. The Hall–Kier alpha value is -3.52. The zero-order chi connectivity index (χ0) is 18.5. The van der Waals surface area contributed by atoms with Crippen molar-refractivity contribution >= 4 is 17.5 Å². The Labute approximate surface area is 153 Å². The fraction of sp³-hybridized carbons (Fsp3) is 0.143. The first-order valence-corrected chi connectivity index (χ1v) is 8.29. The number of nitrogens with one attached hydrogen (secondary N) is 1. The molecule has 3 rings (SSSR count). The lowest BCUT2D eigenvalue weighted by molar-refractivity contribution is 1.16. The van der Waals surface area contributed by atoms with Gasteiger partial charge in [0.1, 0.15) is 5.69 Å². The van der Waals surface area contributed by atoms with Gasteiger partial charge in [-0.1, -0.05) is 18.1 Å². The van der Waals surface area contributed by atoms with Crippen LogP contribution in [0, 0.1) is 25.7 Å². The number of imidazole rings is 1. The van der Waals surface area contributed by atoms with E-state index >= 15 is 0 Å². The molecule has 0 aliphatic rings. The molecule has 3 N–H and O–H groups in total.